The van der Waals surface area contributed by atoms with Crippen molar-refractivity contribution in [3.8, 4) is 0 Å². The predicted molar refractivity (Wildman–Crippen MR) is 18.0 cm³/mol. The molecule has 0 saturated carbocycles. The van der Waals surface area contributed by atoms with E-state index in [4.69, 9.17) is 0 Å². The fraction of sp³-hybridized carbons (Fsp3) is 0.500. The molecule has 0 aliphatic heterocycles. The fourth-order valence-electron chi connectivity index (χ4n) is 0. The van der Waals surface area contributed by atoms with Crippen molar-refractivity contribution in [2.45, 2.75) is 6.92 Å². The Morgan fingerprint density at radius 3 is 2.00 bits per heavy atom. The Hall–Kier alpha value is 0.0144. The normalized spacial score (nSPS) is 5.67. The molecule has 0 heterocycles. The minimum atomic E-state index is -0.218. The number of carbonyl (C=O) groups is 1. The van der Waals surface area contributed by atoms with Crippen molar-refractivity contribution in [2.75, 3.05) is 0 Å². The van der Waals surface area contributed by atoms with Gasteiger partial charge in [0.15, 0.2) is 0 Å². The molecule has 4 heteroatoms. The van der Waals surface area contributed by atoms with Gasteiger partial charge in [-0.3, -0.25) is 10.2 Å². The van der Waals surface area contributed by atoms with Crippen molar-refractivity contribution in [3.05, 3.63) is 0 Å². The second-order valence-electron chi connectivity index (χ2n) is 0.701. The molecule has 6 heavy (non-hydrogen) atoms. The predicted octanol–water partition coefficient (Wildman–Crippen LogP) is -1.01. The van der Waals surface area contributed by atoms with Crippen LogP contribution in [0.2, 0.25) is 0 Å². The van der Waals surface area contributed by atoms with Gasteiger partial charge in [-0.05, 0) is 0 Å². The van der Waals surface area contributed by atoms with Crippen LogP contribution in [-0.2, 0) is 23.4 Å². The van der Waals surface area contributed by atoms with E-state index in [-0.39, 0.29) is 24.5 Å². The standard InChI is InChI=1S/C2H6N2O.V/c1-2(5)4-3;/h3H2,1H3,(H,4,5);. The van der Waals surface area contributed by atoms with Crippen molar-refractivity contribution in [1.29, 1.82) is 0 Å². The number of carbonyl (C=O) groups excluding carboxylic acids is 1. The van der Waals surface area contributed by atoms with Gasteiger partial charge in [0.1, 0.15) is 0 Å². The van der Waals surface area contributed by atoms with Gasteiger partial charge in [0.05, 0.1) is 0 Å². The van der Waals surface area contributed by atoms with E-state index in [0.29, 0.717) is 0 Å². The van der Waals surface area contributed by atoms with Crippen LogP contribution >= 0.6 is 0 Å². The molecule has 0 rings (SSSR count). The molecule has 0 bridgehead atoms. The third kappa shape index (κ3) is 8.99. The Morgan fingerprint density at radius 1 is 1.83 bits per heavy atom. The average molecular weight is 125 g/mol. The quantitative estimate of drug-likeness (QED) is 0.247. The van der Waals surface area contributed by atoms with Crippen LogP contribution in [0, 0.1) is 0 Å². The van der Waals surface area contributed by atoms with Gasteiger partial charge in [-0.15, -0.1) is 0 Å². The first kappa shape index (κ1) is 9.38. The number of rotatable bonds is 0. The van der Waals surface area contributed by atoms with E-state index in [2.05, 4.69) is 5.84 Å². The van der Waals surface area contributed by atoms with Crippen LogP contribution in [-0.4, -0.2) is 5.91 Å². The van der Waals surface area contributed by atoms with Gasteiger partial charge in [0, 0.05) is 25.5 Å². The molecule has 0 aliphatic rings. The summed E-state index contributed by atoms with van der Waals surface area (Å²) >= 11 is 0. The number of nitrogens with one attached hydrogen (secondary N) is 1. The summed E-state index contributed by atoms with van der Waals surface area (Å²) in [5.41, 5.74) is 1.89. The molecule has 1 amide bonds. The van der Waals surface area contributed by atoms with E-state index >= 15 is 0 Å². The van der Waals surface area contributed by atoms with Gasteiger partial charge >= 0.3 is 0 Å². The molecule has 0 aromatic carbocycles. The summed E-state index contributed by atoms with van der Waals surface area (Å²) in [5.74, 6) is 4.35. The van der Waals surface area contributed by atoms with Crippen LogP contribution in [0.15, 0.2) is 0 Å². The smallest absolute Gasteiger partial charge is 0.230 e. The summed E-state index contributed by atoms with van der Waals surface area (Å²) in [5, 5.41) is 0. The largest absolute Gasteiger partial charge is 0.295 e. The molecule has 0 aliphatic carbocycles. The molecule has 3 nitrogen and oxygen atoms in total. The number of amides is 1. The summed E-state index contributed by atoms with van der Waals surface area (Å²) in [6, 6.07) is 0. The van der Waals surface area contributed by atoms with E-state index < -0.39 is 0 Å². The molecule has 0 spiro atoms. The second-order valence-corrected chi connectivity index (χ2v) is 0.701. The van der Waals surface area contributed by atoms with E-state index in [1.165, 1.54) is 6.92 Å². The van der Waals surface area contributed by atoms with Crippen LogP contribution in [0.3, 0.4) is 0 Å². The maximum absolute atomic E-state index is 9.58. The topological polar surface area (TPSA) is 55.1 Å². The molecule has 0 unspecified atom stereocenters. The Balaban J connectivity index is 0. The number of nitrogens with two attached hydrogens (primary N) is 1. The van der Waals surface area contributed by atoms with Gasteiger partial charge in [-0.25, -0.2) is 5.84 Å². The Kier molecular flexibility index (Phi) is 7.84. The first-order valence-corrected chi connectivity index (χ1v) is 1.24. The van der Waals surface area contributed by atoms with Crippen LogP contribution in [0.5, 0.6) is 0 Å². The van der Waals surface area contributed by atoms with Crippen molar-refractivity contribution in [3.63, 3.8) is 0 Å². The van der Waals surface area contributed by atoms with Gasteiger partial charge in [-0.2, -0.15) is 0 Å². The molecule has 1 radical (unpaired) electrons. The van der Waals surface area contributed by atoms with Crippen LogP contribution in [0.1, 0.15) is 6.92 Å². The molecule has 0 saturated heterocycles. The van der Waals surface area contributed by atoms with Gasteiger partial charge < -0.3 is 0 Å². The minimum absolute atomic E-state index is 0. The maximum Gasteiger partial charge on any atom is 0.230 e. The summed E-state index contributed by atoms with van der Waals surface area (Å²) in [4.78, 5) is 9.58. The van der Waals surface area contributed by atoms with Gasteiger partial charge in [0.25, 0.3) is 0 Å². The van der Waals surface area contributed by atoms with Crippen LogP contribution in [0.25, 0.3) is 0 Å². The first-order valence-electron chi connectivity index (χ1n) is 1.24. The number of hydrogen-bond acceptors (Lipinski definition) is 2. The van der Waals surface area contributed by atoms with Crippen molar-refractivity contribution < 1.29 is 23.4 Å². The first-order chi connectivity index (χ1) is 2.27. The molecule has 3 N–H and O–H groups in total. The second kappa shape index (κ2) is 5.01. The van der Waals surface area contributed by atoms with Crippen molar-refractivity contribution in [2.24, 2.45) is 5.84 Å². The van der Waals surface area contributed by atoms with Gasteiger partial charge in [-0.1, -0.05) is 0 Å². The maximum atomic E-state index is 9.58. The molecule has 35 valence electrons. The monoisotopic (exact) mass is 125 g/mol. The van der Waals surface area contributed by atoms with E-state index in [0.717, 1.165) is 0 Å². The SMILES string of the molecule is CC(=O)NN.[V]. The number of hydrogen-bond donors (Lipinski definition) is 2. The Bertz CT molecular complexity index is 46.8. The fourth-order valence-corrected chi connectivity index (χ4v) is 0. The summed E-state index contributed by atoms with van der Waals surface area (Å²) < 4.78 is 0. The van der Waals surface area contributed by atoms with E-state index in [1.807, 2.05) is 5.43 Å². The van der Waals surface area contributed by atoms with Crippen LogP contribution < -0.4 is 11.3 Å². The number of hydrazine groups is 1. The third-order valence-electron chi connectivity index (χ3n) is 0.203. The van der Waals surface area contributed by atoms with Crippen molar-refractivity contribution >= 4 is 5.91 Å². The molecule has 0 aromatic heterocycles. The minimum Gasteiger partial charge on any atom is -0.295 e. The molecule has 0 fully saturated rings. The zero-order valence-electron chi connectivity index (χ0n) is 3.43. The van der Waals surface area contributed by atoms with E-state index in [9.17, 15) is 4.79 Å². The molecular formula is C2H6N2OV. The summed E-state index contributed by atoms with van der Waals surface area (Å²) in [6.07, 6.45) is 0. The van der Waals surface area contributed by atoms with Crippen molar-refractivity contribution in [1.82, 2.24) is 5.43 Å². The Labute approximate surface area is 48.1 Å². The summed E-state index contributed by atoms with van der Waals surface area (Å²) in [6.45, 7) is 1.35. The third-order valence-corrected chi connectivity index (χ3v) is 0.203. The van der Waals surface area contributed by atoms with Gasteiger partial charge in [0.2, 0.25) is 5.91 Å². The zero-order valence-corrected chi connectivity index (χ0v) is 4.83. The Morgan fingerprint density at radius 2 is 2.00 bits per heavy atom. The summed E-state index contributed by atoms with van der Waals surface area (Å²) in [7, 11) is 0. The van der Waals surface area contributed by atoms with Crippen LogP contribution in [0.4, 0.5) is 0 Å². The van der Waals surface area contributed by atoms with E-state index in [1.54, 1.807) is 0 Å². The molecule has 0 aromatic rings. The molecule has 0 atom stereocenters. The molecular weight excluding hydrogens is 119 g/mol. The zero-order chi connectivity index (χ0) is 4.28. The average Bonchev–Trinajstić information content (AvgIpc) is 1.38.